The lowest BCUT2D eigenvalue weighted by molar-refractivity contribution is 0.0797. The van der Waals surface area contributed by atoms with Crippen molar-refractivity contribution < 1.29 is 9.90 Å². The van der Waals surface area contributed by atoms with Gasteiger partial charge in [-0.25, -0.2) is 4.79 Å². The maximum Gasteiger partial charge on any atom is 0.332 e. The predicted octanol–water partition coefficient (Wildman–Crippen LogP) is -0.914. The smallest absolute Gasteiger partial charge is 0.332 e. The fourth-order valence-electron chi connectivity index (χ4n) is 3.13. The van der Waals surface area contributed by atoms with E-state index >= 15 is 0 Å². The maximum absolute atomic E-state index is 12.6. The zero-order valence-corrected chi connectivity index (χ0v) is 13.6. The molecule has 1 aromatic rings. The van der Waals surface area contributed by atoms with E-state index in [0.717, 1.165) is 34.9 Å². The summed E-state index contributed by atoms with van der Waals surface area (Å²) in [5.74, 6) is -0.484. The molecule has 0 amide bonds. The van der Waals surface area contributed by atoms with E-state index in [1.54, 1.807) is 0 Å². The third-order valence-corrected chi connectivity index (χ3v) is 4.55. The van der Waals surface area contributed by atoms with Gasteiger partial charge in [-0.3, -0.25) is 23.6 Å². The van der Waals surface area contributed by atoms with Crippen molar-refractivity contribution >= 4 is 11.6 Å². The number of likely N-dealkylation sites (tertiary alicyclic amines) is 1. The largest absolute Gasteiger partial charge is 0.396 e. The number of carbonyl (C=O) groups excluding carboxylic acids is 1. The van der Waals surface area contributed by atoms with Crippen LogP contribution in [0.1, 0.15) is 36.0 Å². The Morgan fingerprint density at radius 1 is 1.26 bits per heavy atom. The van der Waals surface area contributed by atoms with Gasteiger partial charge < -0.3 is 10.8 Å². The Hall–Kier alpha value is -1.93. The average molecular weight is 324 g/mol. The topological polar surface area (TPSA) is 111 Å². The van der Waals surface area contributed by atoms with E-state index in [9.17, 15) is 14.4 Å². The second-order valence-corrected chi connectivity index (χ2v) is 6.02. The Labute approximate surface area is 134 Å². The number of ketones is 1. The molecule has 1 atom stereocenters. The van der Waals surface area contributed by atoms with E-state index in [4.69, 9.17) is 10.8 Å². The molecule has 1 aromatic heterocycles. The zero-order valence-electron chi connectivity index (χ0n) is 13.6. The van der Waals surface area contributed by atoms with Crippen LogP contribution in [-0.2, 0) is 14.1 Å². The van der Waals surface area contributed by atoms with Crippen molar-refractivity contribution in [3.63, 3.8) is 0 Å². The van der Waals surface area contributed by atoms with Crippen LogP contribution in [-0.4, -0.2) is 50.7 Å². The summed E-state index contributed by atoms with van der Waals surface area (Å²) < 4.78 is 2.00. The van der Waals surface area contributed by atoms with Crippen LogP contribution in [0, 0.1) is 0 Å². The third kappa shape index (κ3) is 3.37. The van der Waals surface area contributed by atoms with Gasteiger partial charge in [0.15, 0.2) is 5.78 Å². The number of rotatable bonds is 5. The molecule has 1 fully saturated rings. The first-order valence-corrected chi connectivity index (χ1v) is 7.82. The minimum absolute atomic E-state index is 0.0686. The molecule has 8 nitrogen and oxygen atoms in total. The molecule has 1 aliphatic heterocycles. The maximum atomic E-state index is 12.6. The van der Waals surface area contributed by atoms with Gasteiger partial charge in [-0.2, -0.15) is 0 Å². The molecule has 3 N–H and O–H groups in total. The molecule has 1 saturated heterocycles. The first-order chi connectivity index (χ1) is 10.9. The molecule has 2 heterocycles. The second kappa shape index (κ2) is 7.10. The predicted molar refractivity (Wildman–Crippen MR) is 86.6 cm³/mol. The molecule has 8 heteroatoms. The van der Waals surface area contributed by atoms with Gasteiger partial charge in [0.1, 0.15) is 11.4 Å². The second-order valence-electron chi connectivity index (χ2n) is 6.02. The van der Waals surface area contributed by atoms with Crippen molar-refractivity contribution in [2.24, 2.45) is 14.1 Å². The van der Waals surface area contributed by atoms with E-state index in [1.807, 2.05) is 4.90 Å². The van der Waals surface area contributed by atoms with Crippen molar-refractivity contribution in [1.29, 1.82) is 0 Å². The monoisotopic (exact) mass is 324 g/mol. The lowest BCUT2D eigenvalue weighted by atomic mass is 9.98. The highest BCUT2D eigenvalue weighted by molar-refractivity contribution is 6.01. The van der Waals surface area contributed by atoms with E-state index in [1.165, 1.54) is 14.1 Å². The summed E-state index contributed by atoms with van der Waals surface area (Å²) in [6.45, 7) is 0.893. The fraction of sp³-hybridized carbons (Fsp3) is 0.667. The number of aliphatic hydroxyl groups excluding tert-OH is 1. The molecular weight excluding hydrogens is 300 g/mol. The number of aliphatic hydroxyl groups is 1. The molecule has 0 bridgehead atoms. The van der Waals surface area contributed by atoms with Crippen molar-refractivity contribution in [2.45, 2.75) is 31.7 Å². The molecule has 23 heavy (non-hydrogen) atoms. The minimum atomic E-state index is -0.661. The van der Waals surface area contributed by atoms with E-state index in [0.29, 0.717) is 6.42 Å². The number of hydrogen-bond acceptors (Lipinski definition) is 6. The third-order valence-electron chi connectivity index (χ3n) is 4.55. The lowest BCUT2D eigenvalue weighted by Gasteiger charge is -2.34. The SMILES string of the molecule is Cn1c(N)c(C(=O)CN2CCCCC2CCO)c(=O)n(C)c1=O. The van der Waals surface area contributed by atoms with Gasteiger partial charge in [-0.15, -0.1) is 0 Å². The fourth-order valence-corrected chi connectivity index (χ4v) is 3.13. The van der Waals surface area contributed by atoms with Crippen LogP contribution in [0.5, 0.6) is 0 Å². The summed E-state index contributed by atoms with van der Waals surface area (Å²) in [7, 11) is 2.76. The summed E-state index contributed by atoms with van der Waals surface area (Å²) in [4.78, 5) is 38.7. The van der Waals surface area contributed by atoms with Crippen LogP contribution in [0.4, 0.5) is 5.82 Å². The highest BCUT2D eigenvalue weighted by Crippen LogP contribution is 2.20. The van der Waals surface area contributed by atoms with Crippen LogP contribution in [0.2, 0.25) is 0 Å². The van der Waals surface area contributed by atoms with Gasteiger partial charge in [0, 0.05) is 26.7 Å². The van der Waals surface area contributed by atoms with Gasteiger partial charge >= 0.3 is 5.69 Å². The van der Waals surface area contributed by atoms with Crippen LogP contribution < -0.4 is 17.0 Å². The minimum Gasteiger partial charge on any atom is -0.396 e. The normalized spacial score (nSPS) is 19.0. The number of nitrogens with two attached hydrogens (primary N) is 1. The van der Waals surface area contributed by atoms with Crippen molar-refractivity contribution in [2.75, 3.05) is 25.4 Å². The van der Waals surface area contributed by atoms with Crippen LogP contribution in [0.25, 0.3) is 0 Å². The van der Waals surface area contributed by atoms with Crippen molar-refractivity contribution in [3.8, 4) is 0 Å². The summed E-state index contributed by atoms with van der Waals surface area (Å²) in [6.07, 6.45) is 3.58. The molecule has 0 aliphatic carbocycles. The number of carbonyl (C=O) groups is 1. The Morgan fingerprint density at radius 2 is 1.96 bits per heavy atom. The molecular formula is C15H24N4O4. The van der Waals surface area contributed by atoms with Crippen LogP contribution in [0.3, 0.4) is 0 Å². The number of hydrogen-bond donors (Lipinski definition) is 2. The first kappa shape index (κ1) is 17.4. The summed E-state index contributed by atoms with van der Waals surface area (Å²) in [5.41, 5.74) is 4.47. The molecule has 0 saturated carbocycles. The van der Waals surface area contributed by atoms with Crippen molar-refractivity contribution in [1.82, 2.24) is 14.0 Å². The van der Waals surface area contributed by atoms with Gasteiger partial charge in [0.25, 0.3) is 5.56 Å². The molecule has 128 valence electrons. The first-order valence-electron chi connectivity index (χ1n) is 7.82. The van der Waals surface area contributed by atoms with Crippen molar-refractivity contribution in [3.05, 3.63) is 26.4 Å². The van der Waals surface area contributed by atoms with Crippen LogP contribution in [0.15, 0.2) is 9.59 Å². The summed E-state index contributed by atoms with van der Waals surface area (Å²) >= 11 is 0. The molecule has 2 rings (SSSR count). The van der Waals surface area contributed by atoms with E-state index in [-0.39, 0.29) is 36.4 Å². The Kier molecular flexibility index (Phi) is 5.38. The lowest BCUT2D eigenvalue weighted by Crippen LogP contribution is -2.46. The number of aromatic nitrogens is 2. The quantitative estimate of drug-likeness (QED) is 0.678. The molecule has 0 spiro atoms. The average Bonchev–Trinajstić information content (AvgIpc) is 2.53. The molecule has 1 aliphatic rings. The number of nitrogen functional groups attached to an aromatic ring is 1. The van der Waals surface area contributed by atoms with Crippen LogP contribution >= 0.6 is 0 Å². The number of anilines is 1. The van der Waals surface area contributed by atoms with Gasteiger partial charge in [0.05, 0.1) is 6.54 Å². The summed E-state index contributed by atoms with van der Waals surface area (Å²) in [5, 5.41) is 9.16. The Morgan fingerprint density at radius 3 is 2.61 bits per heavy atom. The number of piperidine rings is 1. The number of Topliss-reactive ketones (excluding diaryl/α,β-unsaturated/α-hetero) is 1. The van der Waals surface area contributed by atoms with Gasteiger partial charge in [-0.05, 0) is 25.8 Å². The highest BCUT2D eigenvalue weighted by Gasteiger charge is 2.27. The standard InChI is InChI=1S/C15H24N4O4/c1-17-13(16)12(14(22)18(2)15(17)23)11(21)9-19-7-4-3-5-10(19)6-8-20/h10,20H,3-9,16H2,1-2H3. The summed E-state index contributed by atoms with van der Waals surface area (Å²) in [6, 6.07) is 0.135. The Balaban J connectivity index is 2.31. The van der Waals surface area contributed by atoms with E-state index in [2.05, 4.69) is 0 Å². The molecule has 0 aromatic carbocycles. The van der Waals surface area contributed by atoms with Gasteiger partial charge in [0.2, 0.25) is 0 Å². The highest BCUT2D eigenvalue weighted by atomic mass is 16.3. The Bertz CT molecular complexity index is 705. The van der Waals surface area contributed by atoms with E-state index < -0.39 is 11.2 Å². The molecule has 1 unspecified atom stereocenters. The van der Waals surface area contributed by atoms with Gasteiger partial charge in [-0.1, -0.05) is 6.42 Å². The number of nitrogens with zero attached hydrogens (tertiary/aromatic N) is 3. The molecule has 0 radical (unpaired) electrons. The zero-order chi connectivity index (χ0) is 17.1.